The standard InChI is InChI=1S/C58H80N8O11/c1-5-12-44(52(70)55(73)62-38-20-21-38)63-54(72)51-40-18-10-16-37(40)33-66(51)57(75)43(58(2,3)4)30-48(69)50(36-13-7-6-8-14-36)64-53(71)45-31-61-49(32-60-45)59-24-26-77-28-27-76-25-11-17-35-15-9-19-41-42(35)34-65(56(41)74)46-23-22-39(67)29-47(46)68/h9,15,19,31-32,36-38,40,43-44,46,50-51H,5-8,10-14,16-18,20-30,33-34H2,1-4H3,(H,59,61)(H,62,73)(H,63,72)(H,64,71)/t37-,40-,43+,44-,46?,50-,51-/m0/s1. The molecule has 0 bridgehead atoms. The number of benzene rings is 1. The molecule has 1 saturated heterocycles. The predicted molar refractivity (Wildman–Crippen MR) is 284 cm³/mol. The van der Waals surface area contributed by atoms with E-state index in [1.54, 1.807) is 15.9 Å². The first kappa shape index (κ1) is 57.2. The van der Waals surface area contributed by atoms with E-state index in [2.05, 4.69) is 31.2 Å². The Morgan fingerprint density at radius 2 is 1.61 bits per heavy atom. The van der Waals surface area contributed by atoms with Crippen molar-refractivity contribution in [2.24, 2.45) is 29.1 Å². The molecule has 19 nitrogen and oxygen atoms in total. The Bertz CT molecular complexity index is 2500. The summed E-state index contributed by atoms with van der Waals surface area (Å²) >= 11 is 0. The normalized spacial score (nSPS) is 22.7. The van der Waals surface area contributed by atoms with E-state index in [-0.39, 0.29) is 71.5 Å². The van der Waals surface area contributed by atoms with Crippen LogP contribution in [0.3, 0.4) is 0 Å². The number of aromatic nitrogens is 2. The van der Waals surface area contributed by atoms with E-state index < -0.39 is 59.0 Å². The first-order valence-corrected chi connectivity index (χ1v) is 28.5. The van der Waals surface area contributed by atoms with Gasteiger partial charge in [-0.2, -0.15) is 0 Å². The molecule has 19 heteroatoms. The van der Waals surface area contributed by atoms with Gasteiger partial charge in [0.05, 0.1) is 56.8 Å². The number of hydrogen-bond donors (Lipinski definition) is 4. The minimum absolute atomic E-state index is 0.00740. The number of nitrogens with one attached hydrogen (secondary N) is 4. The summed E-state index contributed by atoms with van der Waals surface area (Å²) in [6, 6.07) is 2.43. The number of amides is 5. The van der Waals surface area contributed by atoms with E-state index in [9.17, 15) is 43.2 Å². The van der Waals surface area contributed by atoms with Gasteiger partial charge in [-0.15, -0.1) is 0 Å². The Kier molecular flexibility index (Phi) is 19.4. The van der Waals surface area contributed by atoms with Gasteiger partial charge in [0, 0.05) is 56.6 Å². The Hall–Kier alpha value is -5.95. The van der Waals surface area contributed by atoms with Gasteiger partial charge in [-0.25, -0.2) is 9.97 Å². The van der Waals surface area contributed by atoms with Crippen LogP contribution in [0.15, 0.2) is 30.6 Å². The molecule has 1 aromatic heterocycles. The molecule has 4 saturated carbocycles. The number of aryl methyl sites for hydroxylation is 1. The maximum atomic E-state index is 15.0. The van der Waals surface area contributed by atoms with E-state index in [4.69, 9.17) is 9.47 Å². The largest absolute Gasteiger partial charge is 0.379 e. The number of nitrogens with zero attached hydrogens (tertiary/aromatic N) is 4. The fourth-order valence-electron chi connectivity index (χ4n) is 12.3. The maximum absolute atomic E-state index is 15.0. The predicted octanol–water partition coefficient (Wildman–Crippen LogP) is 5.26. The molecule has 6 aliphatic rings. The monoisotopic (exact) mass is 1060 g/mol. The van der Waals surface area contributed by atoms with Crippen molar-refractivity contribution in [3.8, 4) is 0 Å². The highest BCUT2D eigenvalue weighted by Gasteiger charge is 2.52. The van der Waals surface area contributed by atoms with Gasteiger partial charge in [-0.05, 0) is 105 Å². The highest BCUT2D eigenvalue weighted by molar-refractivity contribution is 6.38. The first-order chi connectivity index (χ1) is 37.0. The second-order valence-electron chi connectivity index (χ2n) is 23.3. The van der Waals surface area contributed by atoms with Crippen molar-refractivity contribution in [1.82, 2.24) is 35.7 Å². The number of carbonyl (C=O) groups is 9. The van der Waals surface area contributed by atoms with Crippen LogP contribution in [0.5, 0.6) is 0 Å². The summed E-state index contributed by atoms with van der Waals surface area (Å²) in [6.45, 7) is 10.5. The van der Waals surface area contributed by atoms with Crippen LogP contribution in [-0.4, -0.2) is 142 Å². The third-order valence-electron chi connectivity index (χ3n) is 16.7. The molecule has 4 N–H and O–H groups in total. The molecule has 2 aromatic rings. The lowest BCUT2D eigenvalue weighted by atomic mass is 9.74. The Labute approximate surface area is 452 Å². The third kappa shape index (κ3) is 14.4. The summed E-state index contributed by atoms with van der Waals surface area (Å²) in [5.41, 5.74) is 1.98. The summed E-state index contributed by atoms with van der Waals surface area (Å²) in [4.78, 5) is 133. The van der Waals surface area contributed by atoms with E-state index in [1.165, 1.54) is 12.4 Å². The second kappa shape index (κ2) is 26.1. The van der Waals surface area contributed by atoms with Crippen LogP contribution in [-0.2, 0) is 56.0 Å². The lowest BCUT2D eigenvalue weighted by Crippen LogP contribution is -2.56. The van der Waals surface area contributed by atoms with E-state index in [0.29, 0.717) is 89.5 Å². The van der Waals surface area contributed by atoms with Crippen LogP contribution in [0.2, 0.25) is 0 Å². The molecule has 4 aliphatic carbocycles. The molecule has 3 heterocycles. The summed E-state index contributed by atoms with van der Waals surface area (Å²) in [5.74, 6) is -3.78. The average molecular weight is 1070 g/mol. The minimum atomic E-state index is -1.01. The van der Waals surface area contributed by atoms with Crippen molar-refractivity contribution in [2.75, 3.05) is 44.8 Å². The third-order valence-corrected chi connectivity index (χ3v) is 16.7. The number of Topliss-reactive ketones (excluding diaryl/α,β-unsaturated/α-hetero) is 4. The molecule has 2 aliphatic heterocycles. The van der Waals surface area contributed by atoms with Crippen LogP contribution in [0, 0.1) is 29.1 Å². The van der Waals surface area contributed by atoms with Crippen LogP contribution < -0.4 is 21.3 Å². The number of likely N-dealkylation sites (tertiary alicyclic amines) is 1. The molecule has 1 aromatic carbocycles. The minimum Gasteiger partial charge on any atom is -0.379 e. The number of hydrogen-bond acceptors (Lipinski definition) is 14. The number of anilines is 1. The van der Waals surface area contributed by atoms with E-state index in [1.807, 2.05) is 39.8 Å². The zero-order valence-electron chi connectivity index (χ0n) is 45.5. The molecular formula is C58H80N8O11. The molecule has 5 amide bonds. The summed E-state index contributed by atoms with van der Waals surface area (Å²) < 4.78 is 11.6. The molecule has 8 rings (SSSR count). The molecule has 77 heavy (non-hydrogen) atoms. The zero-order valence-corrected chi connectivity index (χ0v) is 45.5. The Morgan fingerprint density at radius 3 is 2.31 bits per heavy atom. The molecule has 0 radical (unpaired) electrons. The van der Waals surface area contributed by atoms with Gasteiger partial charge in [0.15, 0.2) is 11.6 Å². The van der Waals surface area contributed by atoms with Crippen molar-refractivity contribution in [1.29, 1.82) is 0 Å². The number of ketones is 4. The molecule has 7 atom stereocenters. The smallest absolute Gasteiger partial charge is 0.289 e. The van der Waals surface area contributed by atoms with Crippen LogP contribution >= 0.6 is 0 Å². The maximum Gasteiger partial charge on any atom is 0.289 e. The number of rotatable bonds is 26. The van der Waals surface area contributed by atoms with Crippen LogP contribution in [0.1, 0.15) is 169 Å². The summed E-state index contributed by atoms with van der Waals surface area (Å²) in [5, 5.41) is 11.8. The highest BCUT2D eigenvalue weighted by Crippen LogP contribution is 2.45. The number of fused-ring (bicyclic) bond motifs is 2. The van der Waals surface area contributed by atoms with E-state index >= 15 is 0 Å². The average Bonchev–Trinajstić information content (AvgIpc) is 3.95. The van der Waals surface area contributed by atoms with Gasteiger partial charge >= 0.3 is 0 Å². The fraction of sp³-hybridized carbons (Fsp3) is 0.672. The lowest BCUT2D eigenvalue weighted by Gasteiger charge is -2.37. The number of ether oxygens (including phenoxy) is 2. The zero-order chi connectivity index (χ0) is 54.8. The van der Waals surface area contributed by atoms with Crippen molar-refractivity contribution >= 4 is 58.5 Å². The van der Waals surface area contributed by atoms with Gasteiger partial charge in [-0.1, -0.05) is 71.9 Å². The SMILES string of the molecule is CCC[C@H](NC(=O)[C@@H]1[C@H]2CCC[C@H]2CN1C(=O)[C@@H](CC(=O)[C@@H](NC(=O)c1cnc(NCCOCCOCCCc2cccc3c2CN(C2CCC(=O)CC2=O)C3=O)cn1)C1CCCCC1)C(C)(C)C)C(=O)C(=O)NC1CC1. The molecular weight excluding hydrogens is 985 g/mol. The van der Waals surface area contributed by atoms with Crippen molar-refractivity contribution in [3.63, 3.8) is 0 Å². The summed E-state index contributed by atoms with van der Waals surface area (Å²) in [6.07, 6.45) is 14.2. The summed E-state index contributed by atoms with van der Waals surface area (Å²) in [7, 11) is 0. The molecule has 0 spiro atoms. The second-order valence-corrected chi connectivity index (χ2v) is 23.3. The van der Waals surface area contributed by atoms with Crippen molar-refractivity contribution < 1.29 is 52.6 Å². The van der Waals surface area contributed by atoms with Crippen molar-refractivity contribution in [3.05, 3.63) is 53.0 Å². The Morgan fingerprint density at radius 1 is 0.844 bits per heavy atom. The van der Waals surface area contributed by atoms with Crippen molar-refractivity contribution in [2.45, 2.75) is 180 Å². The fourth-order valence-corrected chi connectivity index (χ4v) is 12.3. The highest BCUT2D eigenvalue weighted by atomic mass is 16.5. The van der Waals surface area contributed by atoms with Gasteiger partial charge in [0.25, 0.3) is 17.7 Å². The first-order valence-electron chi connectivity index (χ1n) is 28.5. The van der Waals surface area contributed by atoms with Crippen LogP contribution in [0.4, 0.5) is 5.82 Å². The Balaban J connectivity index is 0.792. The number of carbonyl (C=O) groups excluding carboxylic acids is 9. The molecule has 5 fully saturated rings. The molecule has 1 unspecified atom stereocenters. The van der Waals surface area contributed by atoms with Gasteiger partial charge in [0.2, 0.25) is 17.6 Å². The lowest BCUT2D eigenvalue weighted by molar-refractivity contribution is -0.148. The quantitative estimate of drug-likeness (QED) is 0.0533. The van der Waals surface area contributed by atoms with Gasteiger partial charge in [0.1, 0.15) is 23.3 Å². The topological polar surface area (TPSA) is 252 Å². The van der Waals surface area contributed by atoms with E-state index in [0.717, 1.165) is 81.8 Å². The molecule has 418 valence electrons. The van der Waals surface area contributed by atoms with Gasteiger partial charge < -0.3 is 40.5 Å². The van der Waals surface area contributed by atoms with Crippen LogP contribution in [0.25, 0.3) is 0 Å². The van der Waals surface area contributed by atoms with Gasteiger partial charge in [-0.3, -0.25) is 43.2 Å².